The van der Waals surface area contributed by atoms with E-state index >= 15 is 0 Å². The minimum absolute atomic E-state index is 0.00726. The number of alkyl halides is 3. The third kappa shape index (κ3) is 4.27. The van der Waals surface area contributed by atoms with E-state index in [1.165, 1.54) is 19.2 Å². The van der Waals surface area contributed by atoms with Crippen LogP contribution >= 0.6 is 23.2 Å². The topological polar surface area (TPSA) is 64.1 Å². The van der Waals surface area contributed by atoms with Gasteiger partial charge in [0.05, 0.1) is 17.8 Å². The van der Waals surface area contributed by atoms with Gasteiger partial charge in [0, 0.05) is 18.8 Å². The first-order valence-electron chi connectivity index (χ1n) is 6.42. The van der Waals surface area contributed by atoms with E-state index in [1.807, 2.05) is 0 Å². The molecule has 0 bridgehead atoms. The van der Waals surface area contributed by atoms with Crippen LogP contribution in [0.15, 0.2) is 24.4 Å². The van der Waals surface area contributed by atoms with Crippen LogP contribution in [0.3, 0.4) is 0 Å². The Labute approximate surface area is 144 Å². The normalized spacial score (nSPS) is 11.2. The van der Waals surface area contributed by atoms with Crippen LogP contribution in [0.4, 0.5) is 18.9 Å². The molecule has 0 aliphatic carbocycles. The number of anilines is 1. The molecule has 0 spiro atoms. The molecule has 10 heteroatoms. The minimum atomic E-state index is -4.50. The van der Waals surface area contributed by atoms with Crippen LogP contribution < -0.4 is 5.32 Å². The molecular weight excluding hydrogens is 370 g/mol. The van der Waals surface area contributed by atoms with Crippen LogP contribution in [0.2, 0.25) is 10.2 Å². The number of hydrogen-bond donors (Lipinski definition) is 1. The molecule has 5 nitrogen and oxygen atoms in total. The van der Waals surface area contributed by atoms with Crippen molar-refractivity contribution < 1.29 is 22.7 Å². The fraction of sp³-hybridized carbons (Fsp3) is 0.214. The summed E-state index contributed by atoms with van der Waals surface area (Å²) in [7, 11) is 1.17. The summed E-state index contributed by atoms with van der Waals surface area (Å²) < 4.78 is 41.9. The number of halogens is 5. The zero-order chi connectivity index (χ0) is 17.9. The molecule has 128 valence electrons. The summed E-state index contributed by atoms with van der Waals surface area (Å²) in [5, 5.41) is 2.86. The maximum Gasteiger partial charge on any atom is 0.433 e. The lowest BCUT2D eigenvalue weighted by atomic mass is 10.2. The SMILES string of the molecule is COC(=O)c1nc(Cl)cc(NCc2ccc(C(F)(F)F)nc2)c1Cl. The molecule has 0 saturated heterocycles. The Balaban J connectivity index is 2.17. The lowest BCUT2D eigenvalue weighted by Crippen LogP contribution is -2.10. The summed E-state index contributed by atoms with van der Waals surface area (Å²) in [5.74, 6) is -0.762. The molecule has 2 aromatic rings. The predicted octanol–water partition coefficient (Wildman–Crippen LogP) is 4.20. The highest BCUT2D eigenvalue weighted by Crippen LogP contribution is 2.29. The van der Waals surface area contributed by atoms with Crippen molar-refractivity contribution >= 4 is 34.9 Å². The molecule has 0 unspecified atom stereocenters. The van der Waals surface area contributed by atoms with Crippen LogP contribution in [0.1, 0.15) is 21.7 Å². The summed E-state index contributed by atoms with van der Waals surface area (Å²) in [6.07, 6.45) is -3.41. The maximum absolute atomic E-state index is 12.5. The van der Waals surface area contributed by atoms with Gasteiger partial charge < -0.3 is 10.1 Å². The molecule has 0 aromatic carbocycles. The van der Waals surface area contributed by atoms with E-state index < -0.39 is 17.8 Å². The molecule has 0 aliphatic heterocycles. The predicted molar refractivity (Wildman–Crippen MR) is 82.2 cm³/mol. The summed E-state index contributed by atoms with van der Waals surface area (Å²) in [4.78, 5) is 18.7. The van der Waals surface area contributed by atoms with Gasteiger partial charge in [0.15, 0.2) is 5.69 Å². The molecule has 2 rings (SSSR count). The standard InChI is InChI=1S/C14H10Cl2F3N3O2/c1-24-13(23)12-11(16)8(4-10(15)22-12)20-5-7-2-3-9(21-6-7)14(17,18)19/h2-4,6H,5H2,1H3,(H,20,22). The summed E-state index contributed by atoms with van der Waals surface area (Å²) in [5.41, 5.74) is -0.382. The minimum Gasteiger partial charge on any atom is -0.464 e. The number of rotatable bonds is 4. The van der Waals surface area contributed by atoms with E-state index in [0.717, 1.165) is 12.3 Å². The number of ether oxygens (including phenoxy) is 1. The van der Waals surface area contributed by atoms with Gasteiger partial charge >= 0.3 is 12.1 Å². The van der Waals surface area contributed by atoms with Crippen molar-refractivity contribution in [2.45, 2.75) is 12.7 Å². The van der Waals surface area contributed by atoms with Crippen LogP contribution in [-0.2, 0) is 17.5 Å². The highest BCUT2D eigenvalue weighted by molar-refractivity contribution is 6.37. The number of aromatic nitrogens is 2. The lowest BCUT2D eigenvalue weighted by Gasteiger charge is -2.12. The van der Waals surface area contributed by atoms with Crippen LogP contribution in [0.25, 0.3) is 0 Å². The molecule has 0 saturated carbocycles. The molecule has 2 heterocycles. The second-order valence-electron chi connectivity index (χ2n) is 4.55. The number of hydrogen-bond acceptors (Lipinski definition) is 5. The molecule has 24 heavy (non-hydrogen) atoms. The van der Waals surface area contributed by atoms with Crippen molar-refractivity contribution in [2.75, 3.05) is 12.4 Å². The molecule has 0 aliphatic rings. The van der Waals surface area contributed by atoms with E-state index in [4.69, 9.17) is 23.2 Å². The van der Waals surface area contributed by atoms with Gasteiger partial charge in [-0.15, -0.1) is 0 Å². The lowest BCUT2D eigenvalue weighted by molar-refractivity contribution is -0.141. The van der Waals surface area contributed by atoms with Crippen molar-refractivity contribution in [1.82, 2.24) is 9.97 Å². The number of nitrogens with one attached hydrogen (secondary N) is 1. The Morgan fingerprint density at radius 1 is 1.33 bits per heavy atom. The summed E-state index contributed by atoms with van der Waals surface area (Å²) in [6, 6.07) is 3.53. The maximum atomic E-state index is 12.5. The van der Waals surface area contributed by atoms with Crippen molar-refractivity contribution in [3.8, 4) is 0 Å². The average Bonchev–Trinajstić information content (AvgIpc) is 2.54. The summed E-state index contributed by atoms with van der Waals surface area (Å²) in [6.45, 7) is 0.117. The number of pyridine rings is 2. The Morgan fingerprint density at radius 2 is 2.04 bits per heavy atom. The van der Waals surface area contributed by atoms with Gasteiger partial charge in [-0.1, -0.05) is 29.3 Å². The van der Waals surface area contributed by atoms with Gasteiger partial charge in [-0.3, -0.25) is 4.98 Å². The van der Waals surface area contributed by atoms with Gasteiger partial charge in [0.2, 0.25) is 0 Å². The molecule has 0 amide bonds. The Morgan fingerprint density at radius 3 is 2.58 bits per heavy atom. The molecule has 0 fully saturated rings. The molecular formula is C14H10Cl2F3N3O2. The Bertz CT molecular complexity index is 752. The first kappa shape index (κ1) is 18.3. The fourth-order valence-corrected chi connectivity index (χ4v) is 2.19. The number of esters is 1. The van der Waals surface area contributed by atoms with Crippen molar-refractivity contribution in [3.05, 3.63) is 51.5 Å². The fourth-order valence-electron chi connectivity index (χ4n) is 1.75. The highest BCUT2D eigenvalue weighted by Gasteiger charge is 2.32. The zero-order valence-electron chi connectivity index (χ0n) is 12.1. The third-order valence-corrected chi connectivity index (χ3v) is 3.48. The average molecular weight is 380 g/mol. The Hall–Kier alpha value is -2.06. The summed E-state index contributed by atoms with van der Waals surface area (Å²) >= 11 is 11.9. The van der Waals surface area contributed by atoms with Gasteiger partial charge in [0.25, 0.3) is 0 Å². The largest absolute Gasteiger partial charge is 0.464 e. The number of carbonyl (C=O) groups excluding carboxylic acids is 1. The Kier molecular flexibility index (Phi) is 5.51. The van der Waals surface area contributed by atoms with E-state index in [9.17, 15) is 18.0 Å². The van der Waals surface area contributed by atoms with E-state index in [0.29, 0.717) is 5.56 Å². The van der Waals surface area contributed by atoms with E-state index in [1.54, 1.807) is 0 Å². The number of methoxy groups -OCH3 is 1. The van der Waals surface area contributed by atoms with Crippen molar-refractivity contribution in [3.63, 3.8) is 0 Å². The molecule has 1 N–H and O–H groups in total. The zero-order valence-corrected chi connectivity index (χ0v) is 13.6. The van der Waals surface area contributed by atoms with Crippen molar-refractivity contribution in [2.24, 2.45) is 0 Å². The van der Waals surface area contributed by atoms with Gasteiger partial charge in [-0.05, 0) is 11.6 Å². The van der Waals surface area contributed by atoms with Gasteiger partial charge in [-0.2, -0.15) is 13.2 Å². The van der Waals surface area contributed by atoms with Gasteiger partial charge in [0.1, 0.15) is 10.8 Å². The number of carbonyl (C=O) groups is 1. The van der Waals surface area contributed by atoms with Gasteiger partial charge in [-0.25, -0.2) is 9.78 Å². The second-order valence-corrected chi connectivity index (χ2v) is 5.31. The van der Waals surface area contributed by atoms with Crippen molar-refractivity contribution in [1.29, 1.82) is 0 Å². The highest BCUT2D eigenvalue weighted by atomic mass is 35.5. The van der Waals surface area contributed by atoms with Crippen LogP contribution in [0.5, 0.6) is 0 Å². The van der Waals surface area contributed by atoms with E-state index in [2.05, 4.69) is 20.0 Å². The smallest absolute Gasteiger partial charge is 0.433 e. The van der Waals surface area contributed by atoms with E-state index in [-0.39, 0.29) is 28.1 Å². The first-order chi connectivity index (χ1) is 11.2. The monoisotopic (exact) mass is 379 g/mol. The third-order valence-electron chi connectivity index (χ3n) is 2.90. The first-order valence-corrected chi connectivity index (χ1v) is 7.18. The molecule has 2 aromatic heterocycles. The van der Waals surface area contributed by atoms with Crippen LogP contribution in [0, 0.1) is 0 Å². The second kappa shape index (κ2) is 7.23. The molecule has 0 radical (unpaired) electrons. The molecule has 0 atom stereocenters. The number of nitrogens with zero attached hydrogens (tertiary/aromatic N) is 2. The quantitative estimate of drug-likeness (QED) is 0.636. The van der Waals surface area contributed by atoms with Crippen LogP contribution in [-0.4, -0.2) is 23.0 Å².